The predicted octanol–water partition coefficient (Wildman–Crippen LogP) is 19.2. The fraction of sp³-hybridized carbons (Fsp3) is 0.787. The van der Waals surface area contributed by atoms with Gasteiger partial charge in [0.1, 0.15) is 13.2 Å². The van der Waals surface area contributed by atoms with Crippen molar-refractivity contribution in [2.45, 2.75) is 297 Å². The van der Waals surface area contributed by atoms with Crippen LogP contribution < -0.4 is 0 Å². The van der Waals surface area contributed by atoms with E-state index in [9.17, 15) is 14.4 Å². The minimum Gasteiger partial charge on any atom is -0.462 e. The lowest BCUT2D eigenvalue weighted by atomic mass is 10.1. The summed E-state index contributed by atoms with van der Waals surface area (Å²) in [4.78, 5) is 38.2. The quantitative estimate of drug-likeness (QED) is 0.0262. The van der Waals surface area contributed by atoms with Gasteiger partial charge in [-0.25, -0.2) is 0 Å². The van der Waals surface area contributed by atoms with Crippen LogP contribution in [-0.4, -0.2) is 37.2 Å². The van der Waals surface area contributed by atoms with Gasteiger partial charge in [0.2, 0.25) is 0 Å². The van der Waals surface area contributed by atoms with Crippen molar-refractivity contribution >= 4 is 17.9 Å². The molecular weight excluding hydrogens is 829 g/mol. The van der Waals surface area contributed by atoms with Crippen LogP contribution in [0.15, 0.2) is 60.8 Å². The molecule has 0 N–H and O–H groups in total. The lowest BCUT2D eigenvalue weighted by molar-refractivity contribution is -0.167. The minimum absolute atomic E-state index is 0.0786. The number of carbonyl (C=O) groups excluding carboxylic acids is 3. The highest BCUT2D eigenvalue weighted by Crippen LogP contribution is 2.15. The van der Waals surface area contributed by atoms with Crippen molar-refractivity contribution in [1.29, 1.82) is 0 Å². The van der Waals surface area contributed by atoms with E-state index >= 15 is 0 Å². The third-order valence-corrected chi connectivity index (χ3v) is 12.5. The zero-order valence-electron chi connectivity index (χ0n) is 44.4. The van der Waals surface area contributed by atoms with Crippen LogP contribution in [0.1, 0.15) is 290 Å². The van der Waals surface area contributed by atoms with E-state index in [2.05, 4.69) is 81.5 Å². The van der Waals surface area contributed by atoms with Gasteiger partial charge in [-0.1, -0.05) is 229 Å². The van der Waals surface area contributed by atoms with Crippen molar-refractivity contribution in [2.24, 2.45) is 0 Å². The summed E-state index contributed by atoms with van der Waals surface area (Å²) in [6.07, 6.45) is 69.2. The molecule has 388 valence electrons. The first-order valence-corrected chi connectivity index (χ1v) is 28.8. The Morgan fingerprint density at radius 2 is 0.582 bits per heavy atom. The smallest absolute Gasteiger partial charge is 0.306 e. The molecule has 0 aliphatic heterocycles. The maximum absolute atomic E-state index is 12.8. The summed E-state index contributed by atoms with van der Waals surface area (Å²) in [5.41, 5.74) is 0. The van der Waals surface area contributed by atoms with E-state index in [0.717, 1.165) is 77.0 Å². The SMILES string of the molecule is CC/C=C\C/C=C\C/C=C\CCCCCCCCCCCC(=O)OCC(COC(=O)CCCCCCCCC/C=C\CCCCCC)OC(=O)CCCCCCCCC/C=C\CCCCCC. The van der Waals surface area contributed by atoms with Gasteiger partial charge in [-0.15, -0.1) is 0 Å². The second kappa shape index (κ2) is 55.7. The van der Waals surface area contributed by atoms with Gasteiger partial charge in [0.25, 0.3) is 0 Å². The van der Waals surface area contributed by atoms with Crippen molar-refractivity contribution in [2.75, 3.05) is 13.2 Å². The monoisotopic (exact) mass is 937 g/mol. The number of hydrogen-bond donors (Lipinski definition) is 0. The van der Waals surface area contributed by atoms with Gasteiger partial charge in [-0.3, -0.25) is 14.4 Å². The van der Waals surface area contributed by atoms with E-state index in [-0.39, 0.29) is 31.1 Å². The molecule has 6 nitrogen and oxygen atoms in total. The standard InChI is InChI=1S/C61H108O6/c1-4-7-10-13-16-19-22-25-28-29-30-31-34-36-39-42-45-48-51-54-60(63)66-57-58(67-61(64)55-52-49-46-43-40-37-33-27-24-21-18-15-12-9-6-3)56-65-59(62)53-50-47-44-41-38-35-32-26-23-20-17-14-11-8-5-2/h7,10,16,19-21,23-25,28,58H,4-6,8-9,11-15,17-18,22,26-27,29-57H2,1-3H3/b10-7-,19-16-,23-20-,24-21-,28-25-. The van der Waals surface area contributed by atoms with Crippen molar-refractivity contribution < 1.29 is 28.6 Å². The van der Waals surface area contributed by atoms with Gasteiger partial charge in [0.15, 0.2) is 6.10 Å². The Balaban J connectivity index is 4.37. The molecule has 0 spiro atoms. The van der Waals surface area contributed by atoms with E-state index in [0.29, 0.717) is 19.3 Å². The van der Waals surface area contributed by atoms with E-state index < -0.39 is 6.10 Å². The second-order valence-electron chi connectivity index (χ2n) is 19.2. The second-order valence-corrected chi connectivity index (χ2v) is 19.2. The van der Waals surface area contributed by atoms with Crippen molar-refractivity contribution in [1.82, 2.24) is 0 Å². The Kier molecular flexibility index (Phi) is 53.3. The highest BCUT2D eigenvalue weighted by molar-refractivity contribution is 5.71. The Morgan fingerprint density at radius 1 is 0.313 bits per heavy atom. The van der Waals surface area contributed by atoms with Crippen LogP contribution in [0.3, 0.4) is 0 Å². The Hall–Kier alpha value is -2.89. The Bertz CT molecular complexity index is 1210. The summed E-state index contributed by atoms with van der Waals surface area (Å²) < 4.78 is 16.9. The van der Waals surface area contributed by atoms with E-state index in [1.54, 1.807) is 0 Å². The summed E-state index contributed by atoms with van der Waals surface area (Å²) in [7, 11) is 0. The molecule has 0 saturated heterocycles. The van der Waals surface area contributed by atoms with Crippen molar-refractivity contribution in [3.63, 3.8) is 0 Å². The zero-order valence-corrected chi connectivity index (χ0v) is 44.4. The molecule has 0 heterocycles. The number of esters is 3. The minimum atomic E-state index is -0.780. The number of rotatable bonds is 52. The Labute approximate surface area is 415 Å². The third-order valence-electron chi connectivity index (χ3n) is 12.5. The molecule has 67 heavy (non-hydrogen) atoms. The average molecular weight is 938 g/mol. The van der Waals surface area contributed by atoms with Gasteiger partial charge >= 0.3 is 17.9 Å². The third kappa shape index (κ3) is 53.9. The molecule has 0 saturated carbocycles. The van der Waals surface area contributed by atoms with Crippen LogP contribution in [-0.2, 0) is 28.6 Å². The summed E-state index contributed by atoms with van der Waals surface area (Å²) in [5.74, 6) is -0.882. The van der Waals surface area contributed by atoms with Crippen LogP contribution in [0.2, 0.25) is 0 Å². The van der Waals surface area contributed by atoms with E-state index in [1.165, 1.54) is 173 Å². The Morgan fingerprint density at radius 3 is 0.925 bits per heavy atom. The topological polar surface area (TPSA) is 78.9 Å². The maximum atomic E-state index is 12.8. The molecule has 0 aliphatic carbocycles. The summed E-state index contributed by atoms with van der Waals surface area (Å²) >= 11 is 0. The fourth-order valence-electron chi connectivity index (χ4n) is 8.15. The van der Waals surface area contributed by atoms with Crippen molar-refractivity contribution in [3.8, 4) is 0 Å². The first-order valence-electron chi connectivity index (χ1n) is 28.8. The van der Waals surface area contributed by atoms with Gasteiger partial charge in [0.05, 0.1) is 0 Å². The molecule has 0 aromatic carbocycles. The lowest BCUT2D eigenvalue weighted by Gasteiger charge is -2.18. The van der Waals surface area contributed by atoms with Gasteiger partial charge in [-0.2, -0.15) is 0 Å². The molecule has 0 bridgehead atoms. The number of allylic oxidation sites excluding steroid dienone is 10. The van der Waals surface area contributed by atoms with Gasteiger partial charge < -0.3 is 14.2 Å². The van der Waals surface area contributed by atoms with Crippen LogP contribution in [0.4, 0.5) is 0 Å². The molecule has 1 unspecified atom stereocenters. The van der Waals surface area contributed by atoms with Crippen LogP contribution >= 0.6 is 0 Å². The molecule has 0 rings (SSSR count). The van der Waals surface area contributed by atoms with Crippen LogP contribution in [0.5, 0.6) is 0 Å². The summed E-state index contributed by atoms with van der Waals surface area (Å²) in [5, 5.41) is 0. The molecule has 0 fully saturated rings. The summed E-state index contributed by atoms with van der Waals surface area (Å²) in [6.45, 7) is 6.52. The molecule has 0 radical (unpaired) electrons. The predicted molar refractivity (Wildman–Crippen MR) is 288 cm³/mol. The molecular formula is C61H108O6. The summed E-state index contributed by atoms with van der Waals surface area (Å²) in [6, 6.07) is 0. The van der Waals surface area contributed by atoms with Crippen LogP contribution in [0, 0.1) is 0 Å². The maximum Gasteiger partial charge on any atom is 0.306 e. The van der Waals surface area contributed by atoms with Crippen LogP contribution in [0.25, 0.3) is 0 Å². The van der Waals surface area contributed by atoms with Gasteiger partial charge in [0, 0.05) is 19.3 Å². The highest BCUT2D eigenvalue weighted by Gasteiger charge is 2.19. The zero-order chi connectivity index (χ0) is 48.6. The molecule has 0 aliphatic rings. The molecule has 1 atom stereocenters. The molecule has 0 aromatic rings. The largest absolute Gasteiger partial charge is 0.462 e. The van der Waals surface area contributed by atoms with Crippen molar-refractivity contribution in [3.05, 3.63) is 60.8 Å². The lowest BCUT2D eigenvalue weighted by Crippen LogP contribution is -2.30. The fourth-order valence-corrected chi connectivity index (χ4v) is 8.15. The van der Waals surface area contributed by atoms with E-state index in [1.807, 2.05) is 0 Å². The highest BCUT2D eigenvalue weighted by atomic mass is 16.6. The average Bonchev–Trinajstić information content (AvgIpc) is 3.33. The first kappa shape index (κ1) is 64.1. The number of unbranched alkanes of at least 4 members (excludes halogenated alkanes) is 31. The first-order chi connectivity index (χ1) is 33.0. The van der Waals surface area contributed by atoms with E-state index in [4.69, 9.17) is 14.2 Å². The molecule has 0 amide bonds. The number of ether oxygens (including phenoxy) is 3. The normalized spacial score (nSPS) is 12.5. The molecule has 0 aromatic heterocycles. The van der Waals surface area contributed by atoms with Gasteiger partial charge in [-0.05, 0) is 103 Å². The number of carbonyl (C=O) groups is 3. The number of hydrogen-bond acceptors (Lipinski definition) is 6. The molecule has 6 heteroatoms.